The Bertz CT molecular complexity index is 827. The molecule has 2 aromatic carbocycles. The van der Waals surface area contributed by atoms with Gasteiger partial charge in [0.1, 0.15) is 0 Å². The van der Waals surface area contributed by atoms with Crippen molar-refractivity contribution in [3.05, 3.63) is 64.7 Å². The van der Waals surface area contributed by atoms with Crippen LogP contribution in [0.1, 0.15) is 22.3 Å². The van der Waals surface area contributed by atoms with Gasteiger partial charge in [-0.05, 0) is 56.3 Å². The molecule has 0 fully saturated rings. The fraction of sp³-hybridized carbons (Fsp3) is 0.176. The Morgan fingerprint density at radius 1 is 0.952 bits per heavy atom. The number of aryl methyl sites for hydroxylation is 2. The first-order chi connectivity index (χ1) is 9.92. The van der Waals surface area contributed by atoms with Crippen LogP contribution < -0.4 is 4.72 Å². The van der Waals surface area contributed by atoms with Gasteiger partial charge >= 0.3 is 0 Å². The largest absolute Gasteiger partial charge is 0.241 e. The van der Waals surface area contributed by atoms with Gasteiger partial charge in [0.25, 0.3) is 0 Å². The highest BCUT2D eigenvalue weighted by Crippen LogP contribution is 2.16. The Morgan fingerprint density at radius 2 is 1.67 bits per heavy atom. The number of nitrogens with one attached hydrogen (secondary N) is 1. The molecule has 0 saturated carbocycles. The van der Waals surface area contributed by atoms with Crippen LogP contribution in [0, 0.1) is 25.7 Å². The van der Waals surface area contributed by atoms with Crippen LogP contribution >= 0.6 is 0 Å². The zero-order valence-corrected chi connectivity index (χ0v) is 13.1. The maximum absolute atomic E-state index is 12.0. The summed E-state index contributed by atoms with van der Waals surface area (Å²) < 4.78 is 26.4. The number of rotatable bonds is 2. The second kappa shape index (κ2) is 6.13. The minimum atomic E-state index is -3.51. The van der Waals surface area contributed by atoms with Crippen molar-refractivity contribution in [2.45, 2.75) is 18.7 Å². The molecule has 0 bridgehead atoms. The molecule has 21 heavy (non-hydrogen) atoms. The number of benzene rings is 2. The van der Waals surface area contributed by atoms with Crippen LogP contribution in [0.4, 0.5) is 0 Å². The lowest BCUT2D eigenvalue weighted by Crippen LogP contribution is -2.19. The summed E-state index contributed by atoms with van der Waals surface area (Å²) in [6, 6.07) is 12.9. The minimum absolute atomic E-state index is 0.204. The van der Waals surface area contributed by atoms with Crippen molar-refractivity contribution in [2.24, 2.45) is 0 Å². The second-order valence-electron chi connectivity index (χ2n) is 4.83. The van der Waals surface area contributed by atoms with E-state index in [1.54, 1.807) is 18.2 Å². The summed E-state index contributed by atoms with van der Waals surface area (Å²) in [6.07, 6.45) is 0. The van der Waals surface area contributed by atoms with E-state index in [1.807, 2.05) is 38.1 Å². The third kappa shape index (κ3) is 3.72. The molecule has 2 aromatic rings. The highest BCUT2D eigenvalue weighted by molar-refractivity contribution is 7.89. The monoisotopic (exact) mass is 299 g/mol. The van der Waals surface area contributed by atoms with E-state index < -0.39 is 10.0 Å². The quantitative estimate of drug-likeness (QED) is 0.867. The predicted molar refractivity (Wildman–Crippen MR) is 84.6 cm³/mol. The molecule has 0 heterocycles. The molecule has 4 heteroatoms. The topological polar surface area (TPSA) is 46.2 Å². The summed E-state index contributed by atoms with van der Waals surface area (Å²) >= 11 is 0. The lowest BCUT2D eigenvalue weighted by Gasteiger charge is -2.06. The van der Waals surface area contributed by atoms with Crippen LogP contribution in [0.3, 0.4) is 0 Å². The maximum Gasteiger partial charge on any atom is 0.241 e. The summed E-state index contributed by atoms with van der Waals surface area (Å²) in [4.78, 5) is 0.204. The molecule has 3 nitrogen and oxygen atoms in total. The minimum Gasteiger partial charge on any atom is -0.214 e. The average Bonchev–Trinajstić information content (AvgIpc) is 2.45. The molecule has 0 aliphatic rings. The van der Waals surface area contributed by atoms with Gasteiger partial charge in [-0.2, -0.15) is 0 Å². The van der Waals surface area contributed by atoms with E-state index in [4.69, 9.17) is 0 Å². The molecule has 1 N–H and O–H groups in total. The third-order valence-corrected chi connectivity index (χ3v) is 4.53. The van der Waals surface area contributed by atoms with Gasteiger partial charge in [0.2, 0.25) is 10.0 Å². The number of hydrogen-bond acceptors (Lipinski definition) is 2. The highest BCUT2D eigenvalue weighted by atomic mass is 32.2. The molecular formula is C17H17NO2S. The lowest BCUT2D eigenvalue weighted by molar-refractivity contribution is 0.588. The zero-order valence-electron chi connectivity index (χ0n) is 12.3. The van der Waals surface area contributed by atoms with Gasteiger partial charge in [-0.3, -0.25) is 0 Å². The Kier molecular flexibility index (Phi) is 4.46. The van der Waals surface area contributed by atoms with Crippen molar-refractivity contribution in [3.63, 3.8) is 0 Å². The average molecular weight is 299 g/mol. The molecule has 2 rings (SSSR count). The highest BCUT2D eigenvalue weighted by Gasteiger charge is 2.15. The van der Waals surface area contributed by atoms with Crippen molar-refractivity contribution < 1.29 is 8.42 Å². The molecule has 0 atom stereocenters. The van der Waals surface area contributed by atoms with E-state index in [2.05, 4.69) is 16.6 Å². The standard InChI is InChI=1S/C17H17NO2S/c1-13-5-4-6-15(11-13)8-9-16-12-14(2)7-10-17(16)21(19,20)18-3/h4-7,10-12,18H,1-3H3. The number of sulfonamides is 1. The molecule has 0 amide bonds. The van der Waals surface area contributed by atoms with E-state index >= 15 is 0 Å². The summed E-state index contributed by atoms with van der Waals surface area (Å²) in [5.41, 5.74) is 3.46. The van der Waals surface area contributed by atoms with Gasteiger partial charge in [0, 0.05) is 11.1 Å². The van der Waals surface area contributed by atoms with Crippen molar-refractivity contribution in [2.75, 3.05) is 7.05 Å². The van der Waals surface area contributed by atoms with Crippen LogP contribution in [-0.2, 0) is 10.0 Å². The van der Waals surface area contributed by atoms with E-state index in [0.717, 1.165) is 16.7 Å². The number of hydrogen-bond donors (Lipinski definition) is 1. The Morgan fingerprint density at radius 3 is 2.33 bits per heavy atom. The van der Waals surface area contributed by atoms with Gasteiger partial charge in [-0.25, -0.2) is 13.1 Å². The van der Waals surface area contributed by atoms with Gasteiger partial charge in [-0.1, -0.05) is 30.0 Å². The SMILES string of the molecule is CNS(=O)(=O)c1ccc(C)cc1C#Cc1cccc(C)c1. The van der Waals surface area contributed by atoms with Crippen molar-refractivity contribution in [1.29, 1.82) is 0 Å². The van der Waals surface area contributed by atoms with E-state index in [-0.39, 0.29) is 4.90 Å². The first-order valence-electron chi connectivity index (χ1n) is 6.55. The van der Waals surface area contributed by atoms with Gasteiger partial charge < -0.3 is 0 Å². The molecular weight excluding hydrogens is 282 g/mol. The summed E-state index contributed by atoms with van der Waals surface area (Å²) in [7, 11) is -2.11. The summed E-state index contributed by atoms with van der Waals surface area (Å²) in [5, 5.41) is 0. The molecule has 0 aliphatic carbocycles. The molecule has 0 saturated heterocycles. The molecule has 0 spiro atoms. The molecule has 0 aromatic heterocycles. The van der Waals surface area contributed by atoms with Crippen molar-refractivity contribution in [1.82, 2.24) is 4.72 Å². The maximum atomic E-state index is 12.0. The van der Waals surface area contributed by atoms with E-state index in [1.165, 1.54) is 7.05 Å². The summed E-state index contributed by atoms with van der Waals surface area (Å²) in [5.74, 6) is 5.99. The van der Waals surface area contributed by atoms with Gasteiger partial charge in [-0.15, -0.1) is 0 Å². The Hall–Kier alpha value is -2.09. The van der Waals surface area contributed by atoms with Crippen LogP contribution in [0.15, 0.2) is 47.4 Å². The summed E-state index contributed by atoms with van der Waals surface area (Å²) in [6.45, 7) is 3.91. The smallest absolute Gasteiger partial charge is 0.214 e. The molecule has 0 aliphatic heterocycles. The fourth-order valence-corrected chi connectivity index (χ4v) is 2.81. The second-order valence-corrected chi connectivity index (χ2v) is 6.68. The molecule has 0 radical (unpaired) electrons. The normalized spacial score (nSPS) is 10.8. The third-order valence-electron chi connectivity index (χ3n) is 3.05. The zero-order chi connectivity index (χ0) is 15.5. The van der Waals surface area contributed by atoms with E-state index in [0.29, 0.717) is 5.56 Å². The fourth-order valence-electron chi connectivity index (χ4n) is 1.95. The van der Waals surface area contributed by atoms with Crippen LogP contribution in [0.2, 0.25) is 0 Å². The van der Waals surface area contributed by atoms with Crippen LogP contribution in [0.5, 0.6) is 0 Å². The van der Waals surface area contributed by atoms with Crippen molar-refractivity contribution >= 4 is 10.0 Å². The lowest BCUT2D eigenvalue weighted by atomic mass is 10.1. The molecule has 0 unspecified atom stereocenters. The van der Waals surface area contributed by atoms with Gasteiger partial charge in [0.05, 0.1) is 4.90 Å². The predicted octanol–water partition coefficient (Wildman–Crippen LogP) is 2.61. The van der Waals surface area contributed by atoms with Crippen molar-refractivity contribution in [3.8, 4) is 11.8 Å². The first kappa shape index (κ1) is 15.3. The molecule has 108 valence electrons. The Balaban J connectivity index is 2.53. The van der Waals surface area contributed by atoms with Crippen LogP contribution in [0.25, 0.3) is 0 Å². The first-order valence-corrected chi connectivity index (χ1v) is 8.03. The Labute approximate surface area is 126 Å². The van der Waals surface area contributed by atoms with Crippen LogP contribution in [-0.4, -0.2) is 15.5 Å². The van der Waals surface area contributed by atoms with Gasteiger partial charge in [0.15, 0.2) is 0 Å². The van der Waals surface area contributed by atoms with E-state index in [9.17, 15) is 8.42 Å².